The molecule has 0 bridgehead atoms. The minimum absolute atomic E-state index is 0.216. The molecule has 1 fully saturated rings. The Morgan fingerprint density at radius 3 is 2.67 bits per heavy atom. The topological polar surface area (TPSA) is 84.2 Å². The van der Waals surface area contributed by atoms with E-state index in [0.29, 0.717) is 22.8 Å². The Hall–Kier alpha value is -1.27. The molecule has 118 valence electrons. The lowest BCUT2D eigenvalue weighted by atomic mass is 9.75. The maximum absolute atomic E-state index is 12.1. The Balaban J connectivity index is 2.28. The molecule has 0 radical (unpaired) electrons. The molecular weight excluding hydrogens is 286 g/mol. The van der Waals surface area contributed by atoms with Crippen LogP contribution in [0.15, 0.2) is 23.1 Å². The minimum Gasteiger partial charge on any atom is -0.399 e. The van der Waals surface area contributed by atoms with Gasteiger partial charge in [0.1, 0.15) is 4.90 Å². The number of nitrogen functional groups attached to an aromatic ring is 1. The molecule has 0 spiro atoms. The van der Waals surface area contributed by atoms with Crippen molar-refractivity contribution in [2.24, 2.45) is 5.41 Å². The van der Waals surface area contributed by atoms with Crippen LogP contribution in [-0.2, 0) is 10.0 Å². The molecule has 6 heteroatoms. The Bertz CT molecular complexity index is 611. The van der Waals surface area contributed by atoms with Crippen molar-refractivity contribution in [2.75, 3.05) is 18.1 Å². The molecule has 4 N–H and O–H groups in total. The minimum atomic E-state index is -3.52. The predicted octanol–water partition coefficient (Wildman–Crippen LogP) is 2.56. The summed E-state index contributed by atoms with van der Waals surface area (Å²) in [5, 5.41) is 3.40. The van der Waals surface area contributed by atoms with Gasteiger partial charge in [-0.2, -0.15) is 0 Å². The summed E-state index contributed by atoms with van der Waals surface area (Å²) in [6, 6.07) is 5.28. The number of anilines is 2. The number of rotatable bonds is 4. The average Bonchev–Trinajstić information content (AvgIpc) is 2.39. The first-order valence-corrected chi connectivity index (χ1v) is 8.81. The van der Waals surface area contributed by atoms with Gasteiger partial charge in [-0.05, 0) is 49.9 Å². The van der Waals surface area contributed by atoms with Crippen LogP contribution >= 0.6 is 0 Å². The summed E-state index contributed by atoms with van der Waals surface area (Å²) in [6.07, 6.45) is 4.48. The molecular formula is C15H25N3O2S. The van der Waals surface area contributed by atoms with E-state index in [2.05, 4.69) is 23.9 Å². The molecule has 1 aliphatic carbocycles. The van der Waals surface area contributed by atoms with E-state index in [4.69, 9.17) is 5.73 Å². The first-order chi connectivity index (χ1) is 9.73. The Morgan fingerprint density at radius 1 is 1.33 bits per heavy atom. The molecule has 1 aromatic rings. The van der Waals surface area contributed by atoms with Gasteiger partial charge in [0, 0.05) is 11.7 Å². The molecule has 0 aromatic heterocycles. The van der Waals surface area contributed by atoms with E-state index in [0.717, 1.165) is 19.3 Å². The number of nitrogens with one attached hydrogen (secondary N) is 2. The molecule has 0 amide bonds. The van der Waals surface area contributed by atoms with Crippen molar-refractivity contribution in [2.45, 2.75) is 50.5 Å². The maximum atomic E-state index is 12.1. The molecule has 0 saturated heterocycles. The summed E-state index contributed by atoms with van der Waals surface area (Å²) in [4.78, 5) is 0.216. The highest BCUT2D eigenvalue weighted by Crippen LogP contribution is 2.37. The highest BCUT2D eigenvalue weighted by molar-refractivity contribution is 7.89. The van der Waals surface area contributed by atoms with Crippen LogP contribution in [0.5, 0.6) is 0 Å². The SMILES string of the molecule is CNS(=O)(=O)c1cc(N)ccc1NC1CCCC(C)(C)C1. The zero-order chi connectivity index (χ0) is 15.7. The Morgan fingerprint density at radius 2 is 2.05 bits per heavy atom. The number of nitrogens with two attached hydrogens (primary N) is 1. The van der Waals surface area contributed by atoms with Crippen molar-refractivity contribution in [1.29, 1.82) is 0 Å². The standard InChI is InChI=1S/C15H25N3O2S/c1-15(2)8-4-5-12(10-15)18-13-7-6-11(16)9-14(13)21(19,20)17-3/h6-7,9,12,17-18H,4-5,8,10,16H2,1-3H3. The zero-order valence-electron chi connectivity index (χ0n) is 12.9. The van der Waals surface area contributed by atoms with E-state index >= 15 is 0 Å². The van der Waals surface area contributed by atoms with E-state index in [-0.39, 0.29) is 4.90 Å². The Labute approximate surface area is 127 Å². The van der Waals surface area contributed by atoms with E-state index in [1.165, 1.54) is 19.5 Å². The van der Waals surface area contributed by atoms with Crippen molar-refractivity contribution in [3.63, 3.8) is 0 Å². The molecule has 5 nitrogen and oxygen atoms in total. The van der Waals surface area contributed by atoms with Gasteiger partial charge in [-0.3, -0.25) is 0 Å². The second kappa shape index (κ2) is 5.85. The summed E-state index contributed by atoms with van der Waals surface area (Å²) < 4.78 is 26.6. The summed E-state index contributed by atoms with van der Waals surface area (Å²) in [5.41, 5.74) is 7.10. The van der Waals surface area contributed by atoms with E-state index in [1.807, 2.05) is 0 Å². The fourth-order valence-corrected chi connectivity index (χ4v) is 3.96. The van der Waals surface area contributed by atoms with Gasteiger partial charge >= 0.3 is 0 Å². The normalized spacial score (nSPS) is 22.0. The van der Waals surface area contributed by atoms with Gasteiger partial charge < -0.3 is 11.1 Å². The Kier molecular flexibility index (Phi) is 4.49. The van der Waals surface area contributed by atoms with Gasteiger partial charge in [-0.25, -0.2) is 13.1 Å². The molecule has 21 heavy (non-hydrogen) atoms. The molecule has 0 heterocycles. The van der Waals surface area contributed by atoms with E-state index in [1.54, 1.807) is 12.1 Å². The first-order valence-electron chi connectivity index (χ1n) is 7.33. The fraction of sp³-hybridized carbons (Fsp3) is 0.600. The van der Waals surface area contributed by atoms with Crippen LogP contribution in [0, 0.1) is 5.41 Å². The summed E-state index contributed by atoms with van der Waals surface area (Å²) in [6.45, 7) is 4.52. The number of sulfonamides is 1. The zero-order valence-corrected chi connectivity index (χ0v) is 13.8. The van der Waals surface area contributed by atoms with Crippen LogP contribution in [0.25, 0.3) is 0 Å². The van der Waals surface area contributed by atoms with Gasteiger partial charge in [0.15, 0.2) is 0 Å². The smallest absolute Gasteiger partial charge is 0.242 e. The number of hydrogen-bond acceptors (Lipinski definition) is 4. The summed E-state index contributed by atoms with van der Waals surface area (Å²) in [7, 11) is -2.11. The highest BCUT2D eigenvalue weighted by Gasteiger charge is 2.29. The van der Waals surface area contributed by atoms with Crippen molar-refractivity contribution >= 4 is 21.4 Å². The van der Waals surface area contributed by atoms with Crippen molar-refractivity contribution in [3.8, 4) is 0 Å². The maximum Gasteiger partial charge on any atom is 0.242 e. The second-order valence-corrected chi connectivity index (χ2v) is 8.42. The second-order valence-electron chi connectivity index (χ2n) is 6.56. The highest BCUT2D eigenvalue weighted by atomic mass is 32.2. The van der Waals surface area contributed by atoms with Gasteiger partial charge in [-0.15, -0.1) is 0 Å². The van der Waals surface area contributed by atoms with E-state index in [9.17, 15) is 8.42 Å². The van der Waals surface area contributed by atoms with Crippen molar-refractivity contribution in [1.82, 2.24) is 4.72 Å². The molecule has 1 unspecified atom stereocenters. The molecule has 1 aliphatic rings. The van der Waals surface area contributed by atoms with E-state index < -0.39 is 10.0 Å². The predicted molar refractivity (Wildman–Crippen MR) is 86.8 cm³/mol. The lowest BCUT2D eigenvalue weighted by Gasteiger charge is -2.36. The third-order valence-electron chi connectivity index (χ3n) is 4.13. The van der Waals surface area contributed by atoms with Crippen LogP contribution in [0.3, 0.4) is 0 Å². The van der Waals surface area contributed by atoms with Gasteiger partial charge in [0.25, 0.3) is 0 Å². The molecule has 0 aliphatic heterocycles. The lowest BCUT2D eigenvalue weighted by Crippen LogP contribution is -2.32. The van der Waals surface area contributed by atoms with Crippen LogP contribution < -0.4 is 15.8 Å². The molecule has 1 aromatic carbocycles. The third-order valence-corrected chi connectivity index (χ3v) is 5.58. The van der Waals surface area contributed by atoms with Crippen LogP contribution in [0.4, 0.5) is 11.4 Å². The molecule has 1 atom stereocenters. The lowest BCUT2D eigenvalue weighted by molar-refractivity contribution is 0.229. The molecule has 2 rings (SSSR count). The van der Waals surface area contributed by atoms with Crippen molar-refractivity contribution < 1.29 is 8.42 Å². The summed E-state index contributed by atoms with van der Waals surface area (Å²) in [5.74, 6) is 0. The monoisotopic (exact) mass is 311 g/mol. The van der Waals surface area contributed by atoms with Crippen LogP contribution in [0.1, 0.15) is 39.5 Å². The quantitative estimate of drug-likeness (QED) is 0.746. The molecule has 1 saturated carbocycles. The van der Waals surface area contributed by atoms with Gasteiger partial charge in [-0.1, -0.05) is 20.3 Å². The van der Waals surface area contributed by atoms with Crippen LogP contribution in [0.2, 0.25) is 0 Å². The van der Waals surface area contributed by atoms with Gasteiger partial charge in [0.05, 0.1) is 5.69 Å². The third kappa shape index (κ3) is 3.89. The fourth-order valence-electron chi connectivity index (χ4n) is 3.03. The average molecular weight is 311 g/mol. The number of hydrogen-bond donors (Lipinski definition) is 3. The largest absolute Gasteiger partial charge is 0.399 e. The summed E-state index contributed by atoms with van der Waals surface area (Å²) >= 11 is 0. The van der Waals surface area contributed by atoms with Gasteiger partial charge in [0.2, 0.25) is 10.0 Å². The van der Waals surface area contributed by atoms with Crippen LogP contribution in [-0.4, -0.2) is 21.5 Å². The first kappa shape index (κ1) is 16.1. The van der Waals surface area contributed by atoms with Crippen molar-refractivity contribution in [3.05, 3.63) is 18.2 Å². The number of benzene rings is 1.